The van der Waals surface area contributed by atoms with Crippen molar-refractivity contribution in [3.63, 3.8) is 0 Å². The van der Waals surface area contributed by atoms with E-state index in [1.54, 1.807) is 24.3 Å². The van der Waals surface area contributed by atoms with Gasteiger partial charge in [0, 0.05) is 27.8 Å². The zero-order valence-electron chi connectivity index (χ0n) is 16.2. The summed E-state index contributed by atoms with van der Waals surface area (Å²) in [5, 5.41) is 3.20. The molecular formula is C22H14N2O5S2. The van der Waals surface area contributed by atoms with E-state index < -0.39 is 17.8 Å². The third-order valence-corrected chi connectivity index (χ3v) is 6.92. The Balaban J connectivity index is 1.45. The molecule has 2 aromatic heterocycles. The van der Waals surface area contributed by atoms with E-state index in [9.17, 15) is 14.4 Å². The summed E-state index contributed by atoms with van der Waals surface area (Å²) in [7, 11) is 0. The van der Waals surface area contributed by atoms with Gasteiger partial charge in [-0.2, -0.15) is 0 Å². The molecule has 0 spiro atoms. The molecule has 0 fully saturated rings. The maximum atomic E-state index is 13.0. The largest absolute Gasteiger partial charge is 0.449 e. The quantitative estimate of drug-likeness (QED) is 0.317. The summed E-state index contributed by atoms with van der Waals surface area (Å²) in [4.78, 5) is 47.7. The normalized spacial score (nSPS) is 13.1. The number of fused-ring (bicyclic) bond motifs is 2. The zero-order valence-corrected chi connectivity index (χ0v) is 17.8. The van der Waals surface area contributed by atoms with Gasteiger partial charge < -0.3 is 9.25 Å². The molecule has 7 nitrogen and oxygen atoms in total. The molecule has 0 radical (unpaired) electrons. The summed E-state index contributed by atoms with van der Waals surface area (Å²) in [5.41, 5.74) is 2.45. The Morgan fingerprint density at radius 3 is 2.45 bits per heavy atom. The molecule has 0 aliphatic carbocycles. The number of hydroxylamine groups is 2. The molecule has 9 heteroatoms. The van der Waals surface area contributed by atoms with Crippen LogP contribution in [0.4, 0.5) is 0 Å². The molecule has 0 saturated carbocycles. The van der Waals surface area contributed by atoms with Crippen LogP contribution in [0.15, 0.2) is 62.7 Å². The molecule has 1 aliphatic rings. The molecule has 2 amide bonds. The lowest BCUT2D eigenvalue weighted by molar-refractivity contribution is -0.0602. The van der Waals surface area contributed by atoms with Crippen LogP contribution in [-0.4, -0.2) is 27.8 Å². The number of thioether (sulfide) groups is 1. The van der Waals surface area contributed by atoms with Crippen LogP contribution in [-0.2, 0) is 10.6 Å². The van der Waals surface area contributed by atoms with E-state index in [1.165, 1.54) is 35.2 Å². The van der Waals surface area contributed by atoms with Crippen molar-refractivity contribution in [3.8, 4) is 0 Å². The van der Waals surface area contributed by atoms with Crippen LogP contribution in [0.5, 0.6) is 0 Å². The monoisotopic (exact) mass is 450 g/mol. The summed E-state index contributed by atoms with van der Waals surface area (Å²) in [6.45, 7) is 1.92. The molecule has 4 aromatic rings. The summed E-state index contributed by atoms with van der Waals surface area (Å²) in [6, 6.07) is 13.6. The topological polar surface area (TPSA) is 89.7 Å². The van der Waals surface area contributed by atoms with E-state index in [4.69, 9.17) is 9.25 Å². The summed E-state index contributed by atoms with van der Waals surface area (Å²) >= 11 is 2.99. The molecule has 5 rings (SSSR count). The van der Waals surface area contributed by atoms with Crippen LogP contribution in [0.1, 0.15) is 42.5 Å². The molecule has 154 valence electrons. The number of aromatic nitrogens is 1. The molecule has 0 atom stereocenters. The first-order valence-corrected chi connectivity index (χ1v) is 11.1. The number of carbonyl (C=O) groups excluding carboxylic acids is 3. The molecule has 0 saturated heterocycles. The summed E-state index contributed by atoms with van der Waals surface area (Å²) in [5.74, 6) is -1.90. The predicted octanol–water partition coefficient (Wildman–Crippen LogP) is 4.86. The number of thiazole rings is 1. The first kappa shape index (κ1) is 19.5. The van der Waals surface area contributed by atoms with Gasteiger partial charge in [0.25, 0.3) is 11.8 Å². The van der Waals surface area contributed by atoms with Crippen molar-refractivity contribution < 1.29 is 23.6 Å². The van der Waals surface area contributed by atoms with E-state index in [0.717, 1.165) is 15.4 Å². The second-order valence-electron chi connectivity index (χ2n) is 6.78. The fourth-order valence-corrected chi connectivity index (χ4v) is 5.19. The van der Waals surface area contributed by atoms with Crippen molar-refractivity contribution in [3.05, 3.63) is 82.1 Å². The van der Waals surface area contributed by atoms with Gasteiger partial charge in [-0.15, -0.1) is 11.3 Å². The fraction of sp³-hybridized carbons (Fsp3) is 0.0909. The number of imide groups is 1. The predicted molar refractivity (Wildman–Crippen MR) is 115 cm³/mol. The number of rotatable bonds is 5. The number of benzene rings is 2. The fourth-order valence-electron chi connectivity index (χ4n) is 3.31. The molecule has 0 unspecified atom stereocenters. The standard InChI is InChI=1S/C22H14N2O5S2/c1-12-10-30-22(23-12)31-11-16-13-6-4-5-9-17(13)28-18(16)21(27)29-24-19(25)14-7-2-3-8-15(14)20(24)26/h2-10H,11H2,1H3. The number of hydrogen-bond acceptors (Lipinski definition) is 8. The van der Waals surface area contributed by atoms with Gasteiger partial charge in [-0.1, -0.05) is 47.2 Å². The second kappa shape index (κ2) is 7.68. The zero-order chi connectivity index (χ0) is 21.5. The highest BCUT2D eigenvalue weighted by Crippen LogP contribution is 2.34. The molecule has 0 bridgehead atoms. The highest BCUT2D eigenvalue weighted by atomic mass is 32.2. The van der Waals surface area contributed by atoms with Crippen molar-refractivity contribution in [2.45, 2.75) is 17.0 Å². The van der Waals surface area contributed by atoms with Crippen LogP contribution in [0.2, 0.25) is 0 Å². The van der Waals surface area contributed by atoms with Crippen LogP contribution < -0.4 is 0 Å². The van der Waals surface area contributed by atoms with E-state index in [0.29, 0.717) is 22.0 Å². The number of nitrogens with zero attached hydrogens (tertiary/aromatic N) is 2. The lowest BCUT2D eigenvalue weighted by Crippen LogP contribution is -2.32. The minimum absolute atomic E-state index is 0.0430. The first-order chi connectivity index (χ1) is 15.0. The van der Waals surface area contributed by atoms with E-state index in [1.807, 2.05) is 24.4 Å². The van der Waals surface area contributed by atoms with Crippen molar-refractivity contribution in [1.29, 1.82) is 0 Å². The minimum atomic E-state index is -0.906. The van der Waals surface area contributed by atoms with E-state index >= 15 is 0 Å². The van der Waals surface area contributed by atoms with Gasteiger partial charge in [0.05, 0.1) is 11.1 Å². The van der Waals surface area contributed by atoms with Crippen LogP contribution >= 0.6 is 23.1 Å². The number of furan rings is 1. The Kier molecular flexibility index (Phi) is 4.84. The molecule has 2 aromatic carbocycles. The van der Waals surface area contributed by atoms with Crippen molar-refractivity contribution in [1.82, 2.24) is 10.0 Å². The van der Waals surface area contributed by atoms with Crippen molar-refractivity contribution >= 4 is 51.9 Å². The number of amides is 2. The number of hydrogen-bond donors (Lipinski definition) is 0. The average molecular weight is 450 g/mol. The Bertz CT molecular complexity index is 1320. The van der Waals surface area contributed by atoms with Gasteiger partial charge in [-0.05, 0) is 25.1 Å². The highest BCUT2D eigenvalue weighted by Gasteiger charge is 2.39. The Labute approximate surface area is 184 Å². The summed E-state index contributed by atoms with van der Waals surface area (Å²) < 4.78 is 6.62. The Morgan fingerprint density at radius 1 is 1.10 bits per heavy atom. The third kappa shape index (κ3) is 3.41. The lowest BCUT2D eigenvalue weighted by atomic mass is 10.1. The Hall–Kier alpha value is -3.43. The van der Waals surface area contributed by atoms with Crippen molar-refractivity contribution in [2.75, 3.05) is 0 Å². The SMILES string of the molecule is Cc1csc(SCc2c(C(=O)ON3C(=O)c4ccccc4C3=O)oc3ccccc23)n1. The molecule has 1 aliphatic heterocycles. The molecular weight excluding hydrogens is 436 g/mol. The highest BCUT2D eigenvalue weighted by molar-refractivity contribution is 8.00. The first-order valence-electron chi connectivity index (χ1n) is 9.28. The molecule has 3 heterocycles. The van der Waals surface area contributed by atoms with Gasteiger partial charge in [0.15, 0.2) is 0 Å². The second-order valence-corrected chi connectivity index (χ2v) is 8.86. The smallest absolute Gasteiger partial charge is 0.399 e. The summed E-state index contributed by atoms with van der Waals surface area (Å²) in [6.07, 6.45) is 0. The third-order valence-electron chi connectivity index (χ3n) is 4.75. The molecule has 31 heavy (non-hydrogen) atoms. The van der Waals surface area contributed by atoms with Crippen LogP contribution in [0.3, 0.4) is 0 Å². The van der Waals surface area contributed by atoms with E-state index in [-0.39, 0.29) is 16.9 Å². The maximum absolute atomic E-state index is 13.0. The molecule has 0 N–H and O–H groups in total. The van der Waals surface area contributed by atoms with Gasteiger partial charge in [-0.3, -0.25) is 9.59 Å². The van der Waals surface area contributed by atoms with Gasteiger partial charge >= 0.3 is 5.97 Å². The Morgan fingerprint density at radius 2 is 1.77 bits per heavy atom. The number of para-hydroxylation sites is 1. The average Bonchev–Trinajstić information content (AvgIpc) is 3.43. The van der Waals surface area contributed by atoms with Gasteiger partial charge in [0.2, 0.25) is 5.76 Å². The van der Waals surface area contributed by atoms with Crippen LogP contribution in [0.25, 0.3) is 11.0 Å². The lowest BCUT2D eigenvalue weighted by Gasteiger charge is -2.12. The number of carbonyl (C=O) groups is 3. The van der Waals surface area contributed by atoms with Gasteiger partial charge in [0.1, 0.15) is 9.92 Å². The number of aryl methyl sites for hydroxylation is 1. The maximum Gasteiger partial charge on any atom is 0.399 e. The van der Waals surface area contributed by atoms with Crippen LogP contribution in [0, 0.1) is 6.92 Å². The van der Waals surface area contributed by atoms with Crippen molar-refractivity contribution in [2.24, 2.45) is 0 Å². The minimum Gasteiger partial charge on any atom is -0.449 e. The van der Waals surface area contributed by atoms with E-state index in [2.05, 4.69) is 4.98 Å². The van der Waals surface area contributed by atoms with Gasteiger partial charge in [-0.25, -0.2) is 9.78 Å².